The molecule has 2 aromatic heterocycles. The molecule has 162 valence electrons. The quantitative estimate of drug-likeness (QED) is 0.648. The number of fused-ring (bicyclic) bond motifs is 2. The first-order chi connectivity index (χ1) is 14.9. The molecular formula is C23H25F2N5O. The molecule has 1 aliphatic carbocycles. The number of hydrogen-bond acceptors (Lipinski definition) is 5. The third-order valence-electron chi connectivity index (χ3n) is 6.28. The molecule has 0 spiro atoms. The van der Waals surface area contributed by atoms with E-state index in [1.54, 1.807) is 0 Å². The predicted molar refractivity (Wildman–Crippen MR) is 116 cm³/mol. The van der Waals surface area contributed by atoms with Crippen LogP contribution < -0.4 is 16.2 Å². The Kier molecular flexibility index (Phi) is 4.97. The minimum Gasteiger partial charge on any atom is -0.324 e. The van der Waals surface area contributed by atoms with Crippen molar-refractivity contribution < 1.29 is 8.78 Å². The van der Waals surface area contributed by atoms with E-state index in [1.807, 2.05) is 6.07 Å². The van der Waals surface area contributed by atoms with Crippen molar-refractivity contribution in [2.75, 3.05) is 11.9 Å². The fourth-order valence-corrected chi connectivity index (χ4v) is 4.68. The lowest BCUT2D eigenvalue weighted by Crippen LogP contribution is -2.31. The van der Waals surface area contributed by atoms with E-state index in [1.165, 1.54) is 28.0 Å². The fourth-order valence-electron chi connectivity index (χ4n) is 4.68. The zero-order valence-corrected chi connectivity index (χ0v) is 17.4. The van der Waals surface area contributed by atoms with E-state index in [-0.39, 0.29) is 6.04 Å². The maximum absolute atomic E-state index is 14.1. The summed E-state index contributed by atoms with van der Waals surface area (Å²) in [5, 5.41) is 7.02. The molecule has 1 saturated carbocycles. The molecule has 0 atom stereocenters. The zero-order valence-electron chi connectivity index (χ0n) is 17.4. The highest BCUT2D eigenvalue weighted by Crippen LogP contribution is 2.33. The standard InChI is InChI=1S/C23H25F2N5O/c1-23(24,25)19-11-16-13-27-22(28-17-7-6-15-12-26-9-8-14(15)10-17)29-20(16)30(21(19)31)18-4-2-3-5-18/h6-7,10-11,13,18,26H,2-5,8-9,12H2,1H3,(H,27,28,29). The monoisotopic (exact) mass is 425 g/mol. The molecule has 0 amide bonds. The molecule has 1 fully saturated rings. The number of anilines is 2. The van der Waals surface area contributed by atoms with Crippen molar-refractivity contribution in [2.45, 2.75) is 57.5 Å². The lowest BCUT2D eigenvalue weighted by atomic mass is 10.0. The van der Waals surface area contributed by atoms with Gasteiger partial charge < -0.3 is 10.6 Å². The van der Waals surface area contributed by atoms with Crippen molar-refractivity contribution in [1.29, 1.82) is 0 Å². The molecule has 8 heteroatoms. The summed E-state index contributed by atoms with van der Waals surface area (Å²) in [5.74, 6) is -2.87. The van der Waals surface area contributed by atoms with Crippen LogP contribution in [0.3, 0.4) is 0 Å². The SMILES string of the molecule is CC(F)(F)c1cc2cnc(Nc3ccc4c(c3)CCNC4)nc2n(C2CCCC2)c1=O. The summed E-state index contributed by atoms with van der Waals surface area (Å²) in [6, 6.07) is 7.27. The third-order valence-corrected chi connectivity index (χ3v) is 6.28. The minimum atomic E-state index is -3.22. The molecule has 3 aromatic rings. The van der Waals surface area contributed by atoms with Gasteiger partial charge in [0.15, 0.2) is 0 Å². The Hall–Kier alpha value is -2.87. The number of nitrogens with zero attached hydrogens (tertiary/aromatic N) is 3. The van der Waals surface area contributed by atoms with E-state index >= 15 is 0 Å². The van der Waals surface area contributed by atoms with Crippen LogP contribution >= 0.6 is 0 Å². The summed E-state index contributed by atoms with van der Waals surface area (Å²) in [6.45, 7) is 2.57. The molecule has 5 rings (SSSR count). The van der Waals surface area contributed by atoms with E-state index in [2.05, 4.69) is 32.7 Å². The van der Waals surface area contributed by atoms with Crippen molar-refractivity contribution in [2.24, 2.45) is 0 Å². The Bertz CT molecular complexity index is 1200. The van der Waals surface area contributed by atoms with E-state index in [4.69, 9.17) is 0 Å². The first-order valence-corrected chi connectivity index (χ1v) is 10.8. The summed E-state index contributed by atoms with van der Waals surface area (Å²) in [6.07, 6.45) is 6.02. The van der Waals surface area contributed by atoms with Crippen molar-refractivity contribution in [3.05, 3.63) is 57.5 Å². The van der Waals surface area contributed by atoms with Crippen LogP contribution in [0.4, 0.5) is 20.4 Å². The van der Waals surface area contributed by atoms with Crippen molar-refractivity contribution in [1.82, 2.24) is 19.9 Å². The molecule has 0 radical (unpaired) electrons. The van der Waals surface area contributed by atoms with Gasteiger partial charge in [0.25, 0.3) is 11.5 Å². The molecule has 2 aliphatic rings. The Morgan fingerprint density at radius 3 is 2.77 bits per heavy atom. The van der Waals surface area contributed by atoms with E-state index < -0.39 is 17.0 Å². The van der Waals surface area contributed by atoms with Crippen molar-refractivity contribution in [3.8, 4) is 0 Å². The largest absolute Gasteiger partial charge is 0.324 e. The summed E-state index contributed by atoms with van der Waals surface area (Å²) in [5.41, 5.74) is 2.68. The molecule has 0 saturated heterocycles. The number of rotatable bonds is 4. The Balaban J connectivity index is 1.58. The number of hydrogen-bond donors (Lipinski definition) is 2. The van der Waals surface area contributed by atoms with Gasteiger partial charge in [0, 0.05) is 36.8 Å². The highest BCUT2D eigenvalue weighted by molar-refractivity contribution is 5.77. The van der Waals surface area contributed by atoms with Gasteiger partial charge in [0.2, 0.25) is 5.95 Å². The van der Waals surface area contributed by atoms with E-state index in [0.717, 1.165) is 57.8 Å². The number of benzene rings is 1. The molecule has 31 heavy (non-hydrogen) atoms. The number of pyridine rings is 1. The van der Waals surface area contributed by atoms with Crippen LogP contribution in [-0.2, 0) is 18.9 Å². The van der Waals surface area contributed by atoms with Crippen LogP contribution in [0.1, 0.15) is 55.3 Å². The molecule has 3 heterocycles. The first-order valence-electron chi connectivity index (χ1n) is 10.8. The van der Waals surface area contributed by atoms with Gasteiger partial charge in [-0.2, -0.15) is 4.98 Å². The van der Waals surface area contributed by atoms with Gasteiger partial charge in [-0.1, -0.05) is 18.9 Å². The fraction of sp³-hybridized carbons (Fsp3) is 0.435. The molecule has 1 aromatic carbocycles. The highest BCUT2D eigenvalue weighted by Gasteiger charge is 2.32. The van der Waals surface area contributed by atoms with Gasteiger partial charge in [-0.05, 0) is 55.1 Å². The Labute approximate surface area is 178 Å². The maximum Gasteiger partial charge on any atom is 0.275 e. The van der Waals surface area contributed by atoms with Crippen LogP contribution in [0.5, 0.6) is 0 Å². The van der Waals surface area contributed by atoms with Crippen molar-refractivity contribution in [3.63, 3.8) is 0 Å². The zero-order chi connectivity index (χ0) is 21.6. The second kappa shape index (κ2) is 7.67. The Morgan fingerprint density at radius 1 is 1.19 bits per heavy atom. The van der Waals surface area contributed by atoms with Gasteiger partial charge in [0.05, 0.1) is 5.56 Å². The summed E-state index contributed by atoms with van der Waals surface area (Å²) in [4.78, 5) is 22.0. The lowest BCUT2D eigenvalue weighted by molar-refractivity contribution is 0.0155. The molecule has 0 bridgehead atoms. The van der Waals surface area contributed by atoms with E-state index in [0.29, 0.717) is 17.0 Å². The van der Waals surface area contributed by atoms with Gasteiger partial charge in [-0.3, -0.25) is 9.36 Å². The van der Waals surface area contributed by atoms with Crippen LogP contribution in [0.15, 0.2) is 35.3 Å². The molecule has 6 nitrogen and oxygen atoms in total. The summed E-state index contributed by atoms with van der Waals surface area (Å²) < 4.78 is 29.8. The minimum absolute atomic E-state index is 0.115. The Morgan fingerprint density at radius 2 is 2.00 bits per heavy atom. The third kappa shape index (κ3) is 3.80. The topological polar surface area (TPSA) is 71.8 Å². The number of alkyl halides is 2. The smallest absolute Gasteiger partial charge is 0.275 e. The van der Waals surface area contributed by atoms with E-state index in [9.17, 15) is 13.6 Å². The number of nitrogens with one attached hydrogen (secondary N) is 2. The van der Waals surface area contributed by atoms with Gasteiger partial charge in [-0.15, -0.1) is 0 Å². The second-order valence-corrected chi connectivity index (χ2v) is 8.57. The number of halogens is 2. The predicted octanol–water partition coefficient (Wildman–Crippen LogP) is 4.41. The normalized spacial score (nSPS) is 17.1. The molecular weight excluding hydrogens is 400 g/mol. The van der Waals surface area contributed by atoms with Gasteiger partial charge in [-0.25, -0.2) is 13.8 Å². The average Bonchev–Trinajstić information content (AvgIpc) is 3.27. The summed E-state index contributed by atoms with van der Waals surface area (Å²) in [7, 11) is 0. The van der Waals surface area contributed by atoms with Crippen molar-refractivity contribution >= 4 is 22.7 Å². The molecule has 0 unspecified atom stereocenters. The molecule has 2 N–H and O–H groups in total. The van der Waals surface area contributed by atoms with Crippen LogP contribution in [0, 0.1) is 0 Å². The molecule has 1 aliphatic heterocycles. The first kappa shape index (κ1) is 20.1. The van der Waals surface area contributed by atoms with Crippen LogP contribution in [0.25, 0.3) is 11.0 Å². The van der Waals surface area contributed by atoms with Gasteiger partial charge >= 0.3 is 0 Å². The van der Waals surface area contributed by atoms with Crippen LogP contribution in [0.2, 0.25) is 0 Å². The van der Waals surface area contributed by atoms with Gasteiger partial charge in [0.1, 0.15) is 5.65 Å². The number of aromatic nitrogens is 3. The lowest BCUT2D eigenvalue weighted by Gasteiger charge is -2.20. The maximum atomic E-state index is 14.1. The van der Waals surface area contributed by atoms with Crippen LogP contribution in [-0.4, -0.2) is 21.1 Å². The second-order valence-electron chi connectivity index (χ2n) is 8.57. The average molecular weight is 425 g/mol. The summed E-state index contributed by atoms with van der Waals surface area (Å²) >= 11 is 0. The highest BCUT2D eigenvalue weighted by atomic mass is 19.3.